The number of benzene rings is 2. The lowest BCUT2D eigenvalue weighted by atomic mass is 9.93. The number of hydrogen-bond acceptors (Lipinski definition) is 3. The van der Waals surface area contributed by atoms with Gasteiger partial charge in [-0.3, -0.25) is 0 Å². The van der Waals surface area contributed by atoms with Gasteiger partial charge < -0.3 is 14.3 Å². The van der Waals surface area contributed by atoms with Crippen LogP contribution in [-0.2, 0) is 0 Å². The van der Waals surface area contributed by atoms with E-state index in [0.29, 0.717) is 5.92 Å². The first-order valence-corrected chi connectivity index (χ1v) is 10.8. The zero-order valence-corrected chi connectivity index (χ0v) is 18.1. The van der Waals surface area contributed by atoms with E-state index in [1.54, 1.807) is 0 Å². The number of fused-ring (bicyclic) bond motifs is 2. The third kappa shape index (κ3) is 3.98. The van der Waals surface area contributed by atoms with Crippen molar-refractivity contribution in [3.8, 4) is 0 Å². The fourth-order valence-electron chi connectivity index (χ4n) is 3.89. The van der Waals surface area contributed by atoms with Gasteiger partial charge >= 0.3 is 0 Å². The second-order valence-electron chi connectivity index (χ2n) is 8.62. The van der Waals surface area contributed by atoms with Crippen molar-refractivity contribution in [1.82, 2.24) is 0 Å². The Labute approximate surface area is 173 Å². The van der Waals surface area contributed by atoms with Crippen LogP contribution in [0, 0.1) is 0 Å². The summed E-state index contributed by atoms with van der Waals surface area (Å²) in [5.74, 6) is 0.310. The zero-order chi connectivity index (χ0) is 19.7. The smallest absolute Gasteiger partial charge is 0.0797 e. The van der Waals surface area contributed by atoms with Crippen LogP contribution in [-0.4, -0.2) is 45.8 Å². The van der Waals surface area contributed by atoms with Crippen LogP contribution >= 0.6 is 11.8 Å². The first kappa shape index (κ1) is 19.2. The monoisotopic (exact) mass is 392 g/mol. The van der Waals surface area contributed by atoms with Crippen molar-refractivity contribution in [3.05, 3.63) is 77.5 Å². The molecule has 0 spiro atoms. The van der Waals surface area contributed by atoms with Crippen LogP contribution in [0.25, 0.3) is 0 Å². The normalized spacial score (nSPS) is 19.9. The molecule has 0 aliphatic carbocycles. The molecule has 0 amide bonds. The van der Waals surface area contributed by atoms with E-state index in [-0.39, 0.29) is 0 Å². The molecule has 2 aliphatic heterocycles. The maximum absolute atomic E-state index is 2.42. The molecule has 2 aliphatic rings. The van der Waals surface area contributed by atoms with Gasteiger partial charge in [0.1, 0.15) is 0 Å². The Kier molecular flexibility index (Phi) is 5.26. The van der Waals surface area contributed by atoms with Crippen LogP contribution in [0.4, 0.5) is 11.4 Å². The molecular formula is C24H30N3S+. The number of thioether (sulfide) groups is 1. The van der Waals surface area contributed by atoms with E-state index in [1.807, 2.05) is 11.8 Å². The highest BCUT2D eigenvalue weighted by molar-refractivity contribution is 8.03. The summed E-state index contributed by atoms with van der Waals surface area (Å²) in [7, 11) is 8.95. The molecule has 0 saturated heterocycles. The highest BCUT2D eigenvalue weighted by atomic mass is 32.2. The summed E-state index contributed by atoms with van der Waals surface area (Å²) >= 11 is 1.87. The average molecular weight is 393 g/mol. The number of para-hydroxylation sites is 2. The molecule has 3 nitrogen and oxygen atoms in total. The van der Waals surface area contributed by atoms with Gasteiger partial charge in [0.2, 0.25) is 0 Å². The molecule has 2 aromatic rings. The first-order valence-electron chi connectivity index (χ1n) is 9.99. The van der Waals surface area contributed by atoms with Gasteiger partial charge in [-0.15, -0.1) is 0 Å². The first-order chi connectivity index (χ1) is 13.4. The van der Waals surface area contributed by atoms with Crippen molar-refractivity contribution in [2.45, 2.75) is 17.2 Å². The lowest BCUT2D eigenvalue weighted by Gasteiger charge is -2.31. The number of hydrogen-bond donors (Lipinski definition) is 0. The molecule has 4 heteroatoms. The Morgan fingerprint density at radius 2 is 1.71 bits per heavy atom. The van der Waals surface area contributed by atoms with E-state index in [4.69, 9.17) is 0 Å². The summed E-state index contributed by atoms with van der Waals surface area (Å²) in [4.78, 5) is 6.07. The molecule has 1 atom stereocenters. The second-order valence-corrected chi connectivity index (χ2v) is 9.68. The summed E-state index contributed by atoms with van der Waals surface area (Å²) in [6, 6.07) is 17.5. The topological polar surface area (TPSA) is 6.48 Å². The maximum atomic E-state index is 2.42. The lowest BCUT2D eigenvalue weighted by Crippen LogP contribution is -2.37. The van der Waals surface area contributed by atoms with Gasteiger partial charge in [-0.25, -0.2) is 0 Å². The quantitative estimate of drug-likeness (QED) is 0.639. The number of quaternary nitrogens is 1. The molecule has 0 bridgehead atoms. The summed E-state index contributed by atoms with van der Waals surface area (Å²) in [6.45, 7) is 2.24. The molecular weight excluding hydrogens is 362 g/mol. The van der Waals surface area contributed by atoms with E-state index in [9.17, 15) is 0 Å². The fourth-order valence-corrected chi connectivity index (χ4v) is 5.02. The summed E-state index contributed by atoms with van der Waals surface area (Å²) in [6.07, 6.45) is 8.22. The Hall–Kier alpha value is -2.17. The van der Waals surface area contributed by atoms with E-state index in [2.05, 4.69) is 105 Å². The molecule has 0 fully saturated rings. The Morgan fingerprint density at radius 3 is 2.46 bits per heavy atom. The largest absolute Gasteiger partial charge is 0.348 e. The van der Waals surface area contributed by atoms with Crippen molar-refractivity contribution in [2.75, 3.05) is 51.1 Å². The summed E-state index contributed by atoms with van der Waals surface area (Å²) in [5, 5.41) is 1.31. The third-order valence-corrected chi connectivity index (χ3v) is 6.58. The van der Waals surface area contributed by atoms with Crippen LogP contribution in [0.15, 0.2) is 76.8 Å². The fraction of sp³-hybridized carbons (Fsp3) is 0.333. The van der Waals surface area contributed by atoms with Crippen LogP contribution in [0.1, 0.15) is 17.9 Å². The molecule has 0 aromatic heterocycles. The van der Waals surface area contributed by atoms with Crippen LogP contribution in [0.3, 0.4) is 0 Å². The molecule has 1 unspecified atom stereocenters. The highest BCUT2D eigenvalue weighted by Crippen LogP contribution is 2.46. The predicted octanol–water partition coefficient (Wildman–Crippen LogP) is 5.28. The maximum Gasteiger partial charge on any atom is 0.0797 e. The van der Waals surface area contributed by atoms with E-state index in [0.717, 1.165) is 11.0 Å². The number of nitrogens with zero attached hydrogens (tertiary/aromatic N) is 3. The van der Waals surface area contributed by atoms with Gasteiger partial charge in [0.25, 0.3) is 0 Å². The lowest BCUT2D eigenvalue weighted by molar-refractivity contribution is -0.870. The zero-order valence-electron chi connectivity index (χ0n) is 17.3. The van der Waals surface area contributed by atoms with E-state index >= 15 is 0 Å². The molecule has 0 radical (unpaired) electrons. The SMILES string of the molecule is CN1C(=CC2C=CN(CCC[N+](C)(C)C)c3ccccc32)Sc2ccccc21. The molecule has 0 saturated carbocycles. The highest BCUT2D eigenvalue weighted by Gasteiger charge is 2.25. The minimum atomic E-state index is 0.310. The van der Waals surface area contributed by atoms with Gasteiger partial charge in [0, 0.05) is 42.7 Å². The molecule has 28 heavy (non-hydrogen) atoms. The van der Waals surface area contributed by atoms with Crippen LogP contribution in [0.5, 0.6) is 0 Å². The number of rotatable bonds is 5. The van der Waals surface area contributed by atoms with Crippen molar-refractivity contribution < 1.29 is 4.48 Å². The minimum absolute atomic E-state index is 0.310. The van der Waals surface area contributed by atoms with Crippen molar-refractivity contribution in [1.29, 1.82) is 0 Å². The van der Waals surface area contributed by atoms with E-state index in [1.165, 1.54) is 39.8 Å². The van der Waals surface area contributed by atoms with Gasteiger partial charge in [0.05, 0.1) is 38.4 Å². The third-order valence-electron chi connectivity index (χ3n) is 5.40. The number of allylic oxidation sites excluding steroid dienone is 2. The Bertz CT molecular complexity index is 910. The van der Waals surface area contributed by atoms with Crippen molar-refractivity contribution in [3.63, 3.8) is 0 Å². The molecule has 2 heterocycles. The van der Waals surface area contributed by atoms with Gasteiger partial charge in [-0.05, 0) is 29.8 Å². The molecule has 2 aromatic carbocycles. The van der Waals surface area contributed by atoms with Crippen LogP contribution in [0.2, 0.25) is 0 Å². The minimum Gasteiger partial charge on any atom is -0.348 e. The summed E-state index contributed by atoms with van der Waals surface area (Å²) in [5.41, 5.74) is 4.04. The molecule has 0 N–H and O–H groups in total. The van der Waals surface area contributed by atoms with Gasteiger partial charge in [-0.1, -0.05) is 48.2 Å². The van der Waals surface area contributed by atoms with Gasteiger partial charge in [-0.2, -0.15) is 0 Å². The number of anilines is 2. The molecule has 146 valence electrons. The summed E-state index contributed by atoms with van der Waals surface area (Å²) < 4.78 is 1.01. The van der Waals surface area contributed by atoms with Crippen molar-refractivity contribution in [2.24, 2.45) is 0 Å². The predicted molar refractivity (Wildman–Crippen MR) is 122 cm³/mol. The van der Waals surface area contributed by atoms with Crippen molar-refractivity contribution >= 4 is 23.1 Å². The average Bonchev–Trinajstić information content (AvgIpc) is 2.98. The molecule has 4 rings (SSSR count). The van der Waals surface area contributed by atoms with E-state index < -0.39 is 0 Å². The van der Waals surface area contributed by atoms with Gasteiger partial charge in [0.15, 0.2) is 0 Å². The Morgan fingerprint density at radius 1 is 1.00 bits per heavy atom. The second kappa shape index (κ2) is 7.69. The Balaban J connectivity index is 1.55. The van der Waals surface area contributed by atoms with Crippen LogP contribution < -0.4 is 9.80 Å². The standard InChI is InChI=1S/C24H30N3S/c1-25-22-12-7-8-13-23(22)28-24(25)18-19-14-16-26(15-9-17-27(2,3)4)21-11-6-5-10-20(19)21/h5-8,10-14,16,18-19H,9,15,17H2,1-4H3/q+1.